The number of nitrogens with two attached hydrogens (primary N) is 2. The second-order valence-electron chi connectivity index (χ2n) is 6.99. The molecule has 15 heteroatoms. The first-order chi connectivity index (χ1) is 17.0. The maximum atomic E-state index is 13.1. The van der Waals surface area contributed by atoms with Crippen molar-refractivity contribution < 1.29 is 50.5 Å². The Morgan fingerprint density at radius 1 is 0.919 bits per heavy atom. The Hall–Kier alpha value is -4.66. The van der Waals surface area contributed by atoms with E-state index in [1.807, 2.05) is 0 Å². The number of carbonyl (C=O) groups is 2. The molecule has 7 N–H and O–H groups in total. The first-order valence-corrected chi connectivity index (χ1v) is 11.1. The van der Waals surface area contributed by atoms with Crippen molar-refractivity contribution in [3.8, 4) is 11.5 Å². The lowest BCUT2D eigenvalue weighted by atomic mass is 10.1. The molecule has 0 aliphatic rings. The summed E-state index contributed by atoms with van der Waals surface area (Å²) < 4.78 is 76.0. The lowest BCUT2D eigenvalue weighted by molar-refractivity contribution is -0.192. The minimum Gasteiger partial charge on any atom is -0.478 e. The summed E-state index contributed by atoms with van der Waals surface area (Å²) in [5.41, 5.74) is 11.1. The summed E-state index contributed by atoms with van der Waals surface area (Å²) >= 11 is 0. The fourth-order valence-corrected chi connectivity index (χ4v) is 3.94. The van der Waals surface area contributed by atoms with E-state index in [2.05, 4.69) is 0 Å². The van der Waals surface area contributed by atoms with E-state index in [0.29, 0.717) is 5.56 Å². The Morgan fingerprint density at radius 2 is 1.43 bits per heavy atom. The first kappa shape index (κ1) is 28.6. The molecular formula is C22H17F4N3O7S. The number of aliphatic carboxylic acids is 1. The number of sulfone groups is 1. The third-order valence-electron chi connectivity index (χ3n) is 4.38. The molecule has 0 fully saturated rings. The van der Waals surface area contributed by atoms with E-state index in [-0.39, 0.29) is 32.8 Å². The lowest BCUT2D eigenvalue weighted by Gasteiger charge is -2.14. The number of nitrogens with one attached hydrogen (secondary N) is 1. The molecule has 0 saturated heterocycles. The zero-order valence-electron chi connectivity index (χ0n) is 18.3. The highest BCUT2D eigenvalue weighted by atomic mass is 32.2. The Balaban J connectivity index is 0.000000604. The zero-order chi connectivity index (χ0) is 28.1. The number of benzene rings is 3. The number of amidine groups is 1. The number of alkyl halides is 3. The first-order valence-electron chi connectivity index (χ1n) is 9.64. The van der Waals surface area contributed by atoms with Crippen molar-refractivity contribution in [3.05, 3.63) is 77.6 Å². The van der Waals surface area contributed by atoms with E-state index in [4.69, 9.17) is 31.5 Å². The van der Waals surface area contributed by atoms with Gasteiger partial charge in [-0.25, -0.2) is 22.4 Å². The van der Waals surface area contributed by atoms with E-state index in [1.54, 1.807) is 0 Å². The molecule has 0 aromatic heterocycles. The molecule has 0 saturated carbocycles. The molecule has 0 bridgehead atoms. The molecule has 10 nitrogen and oxygen atoms in total. The molecule has 0 radical (unpaired) electrons. The van der Waals surface area contributed by atoms with E-state index in [9.17, 15) is 35.9 Å². The van der Waals surface area contributed by atoms with Crippen LogP contribution in [0.1, 0.15) is 15.9 Å². The SMILES string of the molecule is N=C(N)c1ccc(Oc2c(N)cc(S(=O)(=O)c3ccc(F)cc3)cc2C(=O)O)cc1.O=C(O)C(F)(F)F. The van der Waals surface area contributed by atoms with Gasteiger partial charge in [-0.15, -0.1) is 0 Å². The van der Waals surface area contributed by atoms with Crippen LogP contribution in [-0.4, -0.2) is 42.6 Å². The van der Waals surface area contributed by atoms with Crippen molar-refractivity contribution in [1.29, 1.82) is 5.41 Å². The monoisotopic (exact) mass is 543 g/mol. The van der Waals surface area contributed by atoms with Gasteiger partial charge in [0, 0.05) is 5.56 Å². The minimum atomic E-state index is -5.08. The van der Waals surface area contributed by atoms with Gasteiger partial charge in [-0.1, -0.05) is 0 Å². The summed E-state index contributed by atoms with van der Waals surface area (Å²) in [4.78, 5) is 20.1. The summed E-state index contributed by atoms with van der Waals surface area (Å²) in [6.45, 7) is 0. The summed E-state index contributed by atoms with van der Waals surface area (Å²) in [6, 6.07) is 12.0. The van der Waals surface area contributed by atoms with Crippen LogP contribution in [0, 0.1) is 11.2 Å². The number of hydrogen-bond donors (Lipinski definition) is 5. The molecule has 0 heterocycles. The number of ether oxygens (including phenoxy) is 1. The van der Waals surface area contributed by atoms with Gasteiger partial charge in [-0.05, 0) is 60.7 Å². The van der Waals surface area contributed by atoms with Gasteiger partial charge in [0.1, 0.15) is 23.0 Å². The minimum absolute atomic E-state index is 0.150. The van der Waals surface area contributed by atoms with Gasteiger partial charge >= 0.3 is 18.1 Å². The van der Waals surface area contributed by atoms with Crippen LogP contribution in [0.25, 0.3) is 0 Å². The standard InChI is InChI=1S/C20H16FN3O5S.C2HF3O2/c21-12-3-7-14(8-4-12)30(27,28)15-9-16(20(25)26)18(17(22)10-15)29-13-5-1-11(2-6-13)19(23)24;3-2(4,5)1(6)7/h1-10H,22H2,(H3,23,24)(H,25,26);(H,6,7). The van der Waals surface area contributed by atoms with Crippen molar-refractivity contribution in [2.24, 2.45) is 5.73 Å². The van der Waals surface area contributed by atoms with Gasteiger partial charge in [0.25, 0.3) is 0 Å². The van der Waals surface area contributed by atoms with Gasteiger partial charge < -0.3 is 26.4 Å². The van der Waals surface area contributed by atoms with Crippen LogP contribution in [0.15, 0.2) is 70.5 Å². The summed E-state index contributed by atoms with van der Waals surface area (Å²) in [6.07, 6.45) is -5.08. The van der Waals surface area contributed by atoms with Crippen LogP contribution in [0.2, 0.25) is 0 Å². The van der Waals surface area contributed by atoms with Crippen molar-refractivity contribution in [3.63, 3.8) is 0 Å². The molecule has 0 amide bonds. The van der Waals surface area contributed by atoms with E-state index < -0.39 is 39.3 Å². The van der Waals surface area contributed by atoms with Crippen molar-refractivity contribution in [2.45, 2.75) is 16.0 Å². The molecular weight excluding hydrogens is 526 g/mol. The number of rotatable bonds is 6. The molecule has 0 unspecified atom stereocenters. The topological polar surface area (TPSA) is 194 Å². The van der Waals surface area contributed by atoms with E-state index in [0.717, 1.165) is 36.4 Å². The molecule has 0 aliphatic heterocycles. The average molecular weight is 543 g/mol. The molecule has 3 aromatic carbocycles. The van der Waals surface area contributed by atoms with Crippen LogP contribution in [0.5, 0.6) is 11.5 Å². The average Bonchev–Trinajstić information content (AvgIpc) is 2.80. The maximum Gasteiger partial charge on any atom is 0.490 e. The van der Waals surface area contributed by atoms with Crippen molar-refractivity contribution >= 4 is 33.3 Å². The predicted molar refractivity (Wildman–Crippen MR) is 121 cm³/mol. The van der Waals surface area contributed by atoms with Crippen LogP contribution < -0.4 is 16.2 Å². The number of halogens is 4. The second kappa shape index (κ2) is 10.9. The Kier molecular flexibility index (Phi) is 8.45. The highest BCUT2D eigenvalue weighted by Gasteiger charge is 2.38. The summed E-state index contributed by atoms with van der Waals surface area (Å²) in [5.74, 6) is -5.00. The van der Waals surface area contributed by atoms with Gasteiger partial charge in [-0.2, -0.15) is 13.2 Å². The predicted octanol–water partition coefficient (Wildman–Crippen LogP) is 3.65. The van der Waals surface area contributed by atoms with Crippen LogP contribution in [0.3, 0.4) is 0 Å². The summed E-state index contributed by atoms with van der Waals surface area (Å²) in [5, 5.41) is 24.1. The number of anilines is 1. The van der Waals surface area contributed by atoms with Crippen molar-refractivity contribution in [2.75, 3.05) is 5.73 Å². The second-order valence-corrected chi connectivity index (χ2v) is 8.94. The number of nitrogen functional groups attached to an aromatic ring is 2. The third kappa shape index (κ3) is 7.17. The van der Waals surface area contributed by atoms with Crippen molar-refractivity contribution in [1.82, 2.24) is 0 Å². The molecule has 3 aromatic rings. The number of hydrogen-bond acceptors (Lipinski definition) is 7. The maximum absolute atomic E-state index is 13.1. The van der Waals surface area contributed by atoms with E-state index in [1.165, 1.54) is 24.3 Å². The lowest BCUT2D eigenvalue weighted by Crippen LogP contribution is -2.21. The smallest absolute Gasteiger partial charge is 0.478 e. The normalized spacial score (nSPS) is 11.1. The van der Waals surface area contributed by atoms with Crippen LogP contribution >= 0.6 is 0 Å². The number of aromatic carboxylic acids is 1. The molecule has 196 valence electrons. The van der Waals surface area contributed by atoms with Crippen LogP contribution in [-0.2, 0) is 14.6 Å². The molecule has 0 spiro atoms. The molecule has 37 heavy (non-hydrogen) atoms. The largest absolute Gasteiger partial charge is 0.490 e. The van der Waals surface area contributed by atoms with Gasteiger partial charge in [0.05, 0.1) is 15.5 Å². The van der Waals surface area contributed by atoms with Gasteiger partial charge in [0.2, 0.25) is 9.84 Å². The van der Waals surface area contributed by atoms with Gasteiger partial charge in [-0.3, -0.25) is 5.41 Å². The number of carboxylic acids is 2. The fourth-order valence-electron chi connectivity index (χ4n) is 2.62. The Bertz CT molecular complexity index is 1440. The molecule has 0 atom stereocenters. The summed E-state index contributed by atoms with van der Waals surface area (Å²) in [7, 11) is -4.14. The van der Waals surface area contributed by atoms with Crippen LogP contribution in [0.4, 0.5) is 23.2 Å². The Morgan fingerprint density at radius 3 is 1.86 bits per heavy atom. The Labute approximate surface area is 206 Å². The zero-order valence-corrected chi connectivity index (χ0v) is 19.1. The van der Waals surface area contributed by atoms with Gasteiger partial charge in [0.15, 0.2) is 5.75 Å². The quantitative estimate of drug-likeness (QED) is 0.101. The highest BCUT2D eigenvalue weighted by Crippen LogP contribution is 2.36. The highest BCUT2D eigenvalue weighted by molar-refractivity contribution is 7.91. The third-order valence-corrected chi connectivity index (χ3v) is 6.13. The molecule has 3 rings (SSSR count). The number of carboxylic acid groups (broad SMARTS) is 2. The molecule has 0 aliphatic carbocycles. The fraction of sp³-hybridized carbons (Fsp3) is 0.0455. The van der Waals surface area contributed by atoms with E-state index >= 15 is 0 Å².